The molecule has 1 fully saturated rings. The predicted octanol–water partition coefficient (Wildman–Crippen LogP) is 3.12. The lowest BCUT2D eigenvalue weighted by Gasteiger charge is -2.36. The van der Waals surface area contributed by atoms with Gasteiger partial charge in [-0.25, -0.2) is 4.39 Å². The lowest BCUT2D eigenvalue weighted by molar-refractivity contribution is 0.0660. The molecule has 5 heteroatoms. The van der Waals surface area contributed by atoms with Crippen LogP contribution in [0.25, 0.3) is 0 Å². The molecular formula is C22H27FN2O2. The van der Waals surface area contributed by atoms with Crippen LogP contribution in [0.15, 0.2) is 61.2 Å². The summed E-state index contributed by atoms with van der Waals surface area (Å²) in [5.74, 6) is 0.591. The number of anilines is 1. The van der Waals surface area contributed by atoms with Crippen molar-refractivity contribution in [2.45, 2.75) is 12.5 Å². The Kier molecular flexibility index (Phi) is 6.85. The zero-order valence-corrected chi connectivity index (χ0v) is 15.6. The van der Waals surface area contributed by atoms with Gasteiger partial charge in [-0.1, -0.05) is 24.3 Å². The first kappa shape index (κ1) is 19.4. The van der Waals surface area contributed by atoms with Crippen LogP contribution in [0.4, 0.5) is 10.1 Å². The summed E-state index contributed by atoms with van der Waals surface area (Å²) in [5.41, 5.74) is 2.12. The molecule has 1 N–H and O–H groups in total. The lowest BCUT2D eigenvalue weighted by Crippen LogP contribution is -2.49. The molecule has 144 valence electrons. The Labute approximate surface area is 160 Å². The molecule has 0 saturated carbocycles. The minimum atomic E-state index is -0.542. The van der Waals surface area contributed by atoms with Gasteiger partial charge in [0.15, 0.2) is 0 Å². The van der Waals surface area contributed by atoms with Crippen LogP contribution in [0.1, 0.15) is 5.56 Å². The van der Waals surface area contributed by atoms with E-state index in [1.54, 1.807) is 0 Å². The summed E-state index contributed by atoms with van der Waals surface area (Å²) in [6, 6.07) is 14.5. The van der Waals surface area contributed by atoms with E-state index >= 15 is 0 Å². The number of nitrogens with zero attached hydrogens (tertiary/aromatic N) is 2. The Morgan fingerprint density at radius 1 is 1.07 bits per heavy atom. The van der Waals surface area contributed by atoms with Crippen molar-refractivity contribution in [2.75, 3.05) is 44.2 Å². The van der Waals surface area contributed by atoms with Gasteiger partial charge in [-0.3, -0.25) is 4.90 Å². The molecule has 2 aromatic rings. The minimum absolute atomic E-state index is 0.213. The van der Waals surface area contributed by atoms with E-state index in [1.807, 2.05) is 42.5 Å². The van der Waals surface area contributed by atoms with E-state index < -0.39 is 6.10 Å². The van der Waals surface area contributed by atoms with Crippen molar-refractivity contribution in [1.29, 1.82) is 0 Å². The van der Waals surface area contributed by atoms with Gasteiger partial charge in [0.2, 0.25) is 0 Å². The molecule has 4 nitrogen and oxygen atoms in total. The summed E-state index contributed by atoms with van der Waals surface area (Å²) in [7, 11) is 0. The number of allylic oxidation sites excluding steroid dienone is 1. The first-order valence-corrected chi connectivity index (χ1v) is 9.38. The molecule has 0 aromatic heterocycles. The molecule has 0 radical (unpaired) electrons. The van der Waals surface area contributed by atoms with Gasteiger partial charge in [-0.15, -0.1) is 6.58 Å². The number of aliphatic hydroxyl groups is 1. The quantitative estimate of drug-likeness (QED) is 0.725. The Hall–Kier alpha value is -2.37. The van der Waals surface area contributed by atoms with Gasteiger partial charge < -0.3 is 14.7 Å². The van der Waals surface area contributed by atoms with Crippen molar-refractivity contribution in [3.8, 4) is 5.75 Å². The summed E-state index contributed by atoms with van der Waals surface area (Å²) in [6.45, 7) is 8.07. The van der Waals surface area contributed by atoms with E-state index in [9.17, 15) is 9.50 Å². The molecule has 27 heavy (non-hydrogen) atoms. The van der Waals surface area contributed by atoms with E-state index in [-0.39, 0.29) is 12.4 Å². The Balaban J connectivity index is 1.44. The first-order chi connectivity index (χ1) is 13.2. The van der Waals surface area contributed by atoms with Crippen molar-refractivity contribution in [1.82, 2.24) is 4.90 Å². The van der Waals surface area contributed by atoms with Gasteiger partial charge >= 0.3 is 0 Å². The second-order valence-electron chi connectivity index (χ2n) is 6.83. The number of benzene rings is 2. The number of aliphatic hydroxyl groups excluding tert-OH is 1. The van der Waals surface area contributed by atoms with E-state index in [0.29, 0.717) is 6.54 Å². The Morgan fingerprint density at radius 2 is 1.78 bits per heavy atom. The molecule has 1 aliphatic heterocycles. The molecule has 0 aliphatic carbocycles. The predicted molar refractivity (Wildman–Crippen MR) is 107 cm³/mol. The van der Waals surface area contributed by atoms with Crippen LogP contribution in [0.2, 0.25) is 0 Å². The molecule has 2 aromatic carbocycles. The average Bonchev–Trinajstić information content (AvgIpc) is 2.69. The van der Waals surface area contributed by atoms with E-state index in [2.05, 4.69) is 16.4 Å². The highest BCUT2D eigenvalue weighted by Gasteiger charge is 2.20. The fourth-order valence-electron chi connectivity index (χ4n) is 3.35. The number of para-hydroxylation sites is 1. The second kappa shape index (κ2) is 9.53. The highest BCUT2D eigenvalue weighted by atomic mass is 19.1. The summed E-state index contributed by atoms with van der Waals surface area (Å²) >= 11 is 0. The molecule has 1 atom stereocenters. The maximum atomic E-state index is 13.1. The van der Waals surface area contributed by atoms with Gasteiger partial charge in [-0.2, -0.15) is 0 Å². The lowest BCUT2D eigenvalue weighted by atomic mass is 10.1. The monoisotopic (exact) mass is 370 g/mol. The molecule has 3 rings (SSSR count). The minimum Gasteiger partial charge on any atom is -0.491 e. The molecule has 1 aliphatic rings. The van der Waals surface area contributed by atoms with E-state index in [0.717, 1.165) is 49.6 Å². The molecule has 0 spiro atoms. The topological polar surface area (TPSA) is 35.9 Å². The van der Waals surface area contributed by atoms with Crippen molar-refractivity contribution in [2.24, 2.45) is 0 Å². The van der Waals surface area contributed by atoms with Gasteiger partial charge in [0.25, 0.3) is 0 Å². The second-order valence-corrected chi connectivity index (χ2v) is 6.83. The molecular weight excluding hydrogens is 343 g/mol. The van der Waals surface area contributed by atoms with Crippen molar-refractivity contribution < 1.29 is 14.2 Å². The zero-order chi connectivity index (χ0) is 19.1. The Bertz CT molecular complexity index is 727. The van der Waals surface area contributed by atoms with Gasteiger partial charge in [-0.05, 0) is 42.3 Å². The fraction of sp³-hybridized carbons (Fsp3) is 0.364. The number of β-amino-alcohol motifs (C(OH)–C–C–N with tert-alkyl or cyclic N) is 1. The molecule has 0 amide bonds. The van der Waals surface area contributed by atoms with Crippen LogP contribution in [-0.4, -0.2) is 55.4 Å². The SMILES string of the molecule is C=CCc1ccccc1OC[C@@H](O)CN1CCN(c2ccc(F)cc2)CC1. The van der Waals surface area contributed by atoms with Crippen LogP contribution in [0.5, 0.6) is 5.75 Å². The maximum Gasteiger partial charge on any atom is 0.123 e. The Morgan fingerprint density at radius 3 is 2.48 bits per heavy atom. The molecule has 1 saturated heterocycles. The summed E-state index contributed by atoms with van der Waals surface area (Å²) in [6.07, 6.45) is 2.05. The van der Waals surface area contributed by atoms with Gasteiger partial charge in [0.05, 0.1) is 0 Å². The van der Waals surface area contributed by atoms with Crippen LogP contribution in [-0.2, 0) is 6.42 Å². The normalized spacial score (nSPS) is 16.1. The standard InChI is InChI=1S/C22H27FN2O2/c1-2-5-18-6-3-4-7-22(18)27-17-21(26)16-24-12-14-25(15-13-24)20-10-8-19(23)9-11-20/h2-4,6-11,21,26H,1,5,12-17H2/t21-/m0/s1. The molecule has 0 unspecified atom stereocenters. The smallest absolute Gasteiger partial charge is 0.123 e. The maximum absolute atomic E-state index is 13.1. The zero-order valence-electron chi connectivity index (χ0n) is 15.6. The number of hydrogen-bond donors (Lipinski definition) is 1. The van der Waals surface area contributed by atoms with Crippen molar-refractivity contribution >= 4 is 5.69 Å². The average molecular weight is 370 g/mol. The van der Waals surface area contributed by atoms with E-state index in [4.69, 9.17) is 4.74 Å². The number of ether oxygens (including phenoxy) is 1. The third-order valence-electron chi connectivity index (χ3n) is 4.80. The largest absolute Gasteiger partial charge is 0.491 e. The summed E-state index contributed by atoms with van der Waals surface area (Å²) in [5, 5.41) is 10.4. The summed E-state index contributed by atoms with van der Waals surface area (Å²) in [4.78, 5) is 4.48. The highest BCUT2D eigenvalue weighted by Crippen LogP contribution is 2.20. The van der Waals surface area contributed by atoms with Crippen LogP contribution >= 0.6 is 0 Å². The van der Waals surface area contributed by atoms with Crippen LogP contribution in [0.3, 0.4) is 0 Å². The molecule has 1 heterocycles. The summed E-state index contributed by atoms with van der Waals surface area (Å²) < 4.78 is 18.9. The number of hydrogen-bond acceptors (Lipinski definition) is 4. The van der Waals surface area contributed by atoms with Crippen LogP contribution < -0.4 is 9.64 Å². The highest BCUT2D eigenvalue weighted by molar-refractivity contribution is 5.46. The van der Waals surface area contributed by atoms with Crippen molar-refractivity contribution in [3.05, 3.63) is 72.6 Å². The third kappa shape index (κ3) is 5.55. The number of piperazine rings is 1. The number of rotatable bonds is 8. The fourth-order valence-corrected chi connectivity index (χ4v) is 3.35. The first-order valence-electron chi connectivity index (χ1n) is 9.38. The molecule has 0 bridgehead atoms. The van der Waals surface area contributed by atoms with Crippen molar-refractivity contribution in [3.63, 3.8) is 0 Å². The van der Waals surface area contributed by atoms with Gasteiger partial charge in [0.1, 0.15) is 24.3 Å². The third-order valence-corrected chi connectivity index (χ3v) is 4.80. The van der Waals surface area contributed by atoms with E-state index in [1.165, 1.54) is 12.1 Å². The van der Waals surface area contributed by atoms with Gasteiger partial charge in [0, 0.05) is 38.4 Å². The van der Waals surface area contributed by atoms with Crippen LogP contribution in [0, 0.1) is 5.82 Å². The number of halogens is 1.